The zero-order valence-corrected chi connectivity index (χ0v) is 11.9. The van der Waals surface area contributed by atoms with Crippen molar-refractivity contribution in [3.8, 4) is 0 Å². The highest BCUT2D eigenvalue weighted by Gasteiger charge is 2.45. The number of aryl methyl sites for hydroxylation is 1. The maximum atomic E-state index is 12.6. The van der Waals surface area contributed by atoms with Crippen molar-refractivity contribution in [1.29, 1.82) is 0 Å². The van der Waals surface area contributed by atoms with E-state index in [9.17, 15) is 4.79 Å². The van der Waals surface area contributed by atoms with Crippen molar-refractivity contribution in [2.75, 3.05) is 13.2 Å². The number of ether oxygens (including phenoxy) is 1. The van der Waals surface area contributed by atoms with Gasteiger partial charge in [0.25, 0.3) is 0 Å². The minimum Gasteiger partial charge on any atom is -0.379 e. The lowest BCUT2D eigenvalue weighted by Crippen LogP contribution is -2.51. The van der Waals surface area contributed by atoms with Gasteiger partial charge in [0, 0.05) is 6.04 Å². The first-order chi connectivity index (χ1) is 9.61. The minimum absolute atomic E-state index is 0.0178. The quantitative estimate of drug-likeness (QED) is 0.860. The van der Waals surface area contributed by atoms with Gasteiger partial charge in [-0.25, -0.2) is 0 Å². The summed E-state index contributed by atoms with van der Waals surface area (Å²) in [4.78, 5) is 12.6. The summed E-state index contributed by atoms with van der Waals surface area (Å²) in [6.07, 6.45) is 3.21. The number of hydrogen-bond acceptors (Lipinski definition) is 3. The van der Waals surface area contributed by atoms with E-state index >= 15 is 0 Å². The molecule has 1 aromatic rings. The third-order valence-electron chi connectivity index (χ3n) is 4.71. The van der Waals surface area contributed by atoms with Crippen molar-refractivity contribution in [2.45, 2.75) is 38.3 Å². The Morgan fingerprint density at radius 3 is 3.00 bits per heavy atom. The van der Waals surface area contributed by atoms with Crippen LogP contribution in [0.2, 0.25) is 0 Å². The summed E-state index contributed by atoms with van der Waals surface area (Å²) in [5, 5.41) is 3.19. The molecule has 0 radical (unpaired) electrons. The van der Waals surface area contributed by atoms with Crippen LogP contribution in [0.25, 0.3) is 0 Å². The average Bonchev–Trinajstić information content (AvgIpc) is 2.80. The van der Waals surface area contributed by atoms with Crippen LogP contribution in [0, 0.1) is 5.41 Å². The Labute approximate surface area is 119 Å². The molecule has 4 heteroatoms. The molecule has 0 spiro atoms. The zero-order valence-electron chi connectivity index (χ0n) is 11.9. The second-order valence-electron chi connectivity index (χ2n) is 6.16. The smallest absolute Gasteiger partial charge is 0.230 e. The number of nitrogens with two attached hydrogens (primary N) is 1. The molecule has 108 valence electrons. The predicted molar refractivity (Wildman–Crippen MR) is 77.2 cm³/mol. The van der Waals surface area contributed by atoms with Crippen molar-refractivity contribution >= 4 is 5.91 Å². The molecule has 1 fully saturated rings. The molecule has 3 unspecified atom stereocenters. The maximum absolute atomic E-state index is 12.6. The van der Waals surface area contributed by atoms with Crippen LogP contribution >= 0.6 is 0 Å². The van der Waals surface area contributed by atoms with Crippen LogP contribution in [0.3, 0.4) is 0 Å². The van der Waals surface area contributed by atoms with E-state index in [0.717, 1.165) is 19.3 Å². The van der Waals surface area contributed by atoms with Gasteiger partial charge in [0.05, 0.1) is 24.7 Å². The molecule has 1 aliphatic heterocycles. The maximum Gasteiger partial charge on any atom is 0.230 e. The molecule has 1 heterocycles. The minimum atomic E-state index is -0.605. The molecule has 0 aromatic heterocycles. The van der Waals surface area contributed by atoms with Gasteiger partial charge >= 0.3 is 0 Å². The SMILES string of the molecule is CC1(C(=O)NC2CCCc3ccccc32)COCC1N. The Morgan fingerprint density at radius 2 is 2.25 bits per heavy atom. The third-order valence-corrected chi connectivity index (χ3v) is 4.71. The van der Waals surface area contributed by atoms with Gasteiger partial charge in [-0.3, -0.25) is 4.79 Å². The van der Waals surface area contributed by atoms with Gasteiger partial charge in [-0.1, -0.05) is 24.3 Å². The van der Waals surface area contributed by atoms with Crippen LogP contribution in [0.4, 0.5) is 0 Å². The normalized spacial score (nSPS) is 32.7. The Morgan fingerprint density at radius 1 is 1.45 bits per heavy atom. The molecule has 3 atom stereocenters. The fourth-order valence-electron chi connectivity index (χ4n) is 3.15. The molecule has 1 aromatic carbocycles. The number of hydrogen-bond donors (Lipinski definition) is 2. The first-order valence-electron chi connectivity index (χ1n) is 7.33. The zero-order chi connectivity index (χ0) is 14.2. The van der Waals surface area contributed by atoms with Crippen LogP contribution < -0.4 is 11.1 Å². The predicted octanol–water partition coefficient (Wildman–Crippen LogP) is 1.54. The summed E-state index contributed by atoms with van der Waals surface area (Å²) in [5.41, 5.74) is 8.02. The van der Waals surface area contributed by atoms with Gasteiger partial charge < -0.3 is 15.8 Å². The number of fused-ring (bicyclic) bond motifs is 1. The highest BCUT2D eigenvalue weighted by atomic mass is 16.5. The summed E-state index contributed by atoms with van der Waals surface area (Å²) in [6, 6.07) is 8.26. The molecular weight excluding hydrogens is 252 g/mol. The molecule has 1 aliphatic carbocycles. The summed E-state index contributed by atoms with van der Waals surface area (Å²) < 4.78 is 5.37. The molecule has 0 saturated carbocycles. The van der Waals surface area contributed by atoms with E-state index in [1.54, 1.807) is 0 Å². The van der Waals surface area contributed by atoms with Crippen LogP contribution in [-0.2, 0) is 16.0 Å². The number of amides is 1. The van der Waals surface area contributed by atoms with Crippen molar-refractivity contribution in [2.24, 2.45) is 11.1 Å². The number of carbonyl (C=O) groups is 1. The molecule has 4 nitrogen and oxygen atoms in total. The van der Waals surface area contributed by atoms with E-state index in [4.69, 9.17) is 10.5 Å². The van der Waals surface area contributed by atoms with Crippen LogP contribution in [0.15, 0.2) is 24.3 Å². The number of nitrogens with one attached hydrogen (secondary N) is 1. The Kier molecular flexibility index (Phi) is 3.52. The van der Waals surface area contributed by atoms with Crippen molar-refractivity contribution in [3.63, 3.8) is 0 Å². The van der Waals surface area contributed by atoms with E-state index in [0.29, 0.717) is 13.2 Å². The topological polar surface area (TPSA) is 64.3 Å². The van der Waals surface area contributed by atoms with Crippen LogP contribution in [-0.4, -0.2) is 25.2 Å². The molecule has 1 amide bonds. The summed E-state index contributed by atoms with van der Waals surface area (Å²) in [6.45, 7) is 2.77. The number of carbonyl (C=O) groups excluding carboxylic acids is 1. The lowest BCUT2D eigenvalue weighted by Gasteiger charge is -2.31. The van der Waals surface area contributed by atoms with Crippen molar-refractivity contribution in [1.82, 2.24) is 5.32 Å². The van der Waals surface area contributed by atoms with E-state index < -0.39 is 5.41 Å². The molecule has 3 rings (SSSR count). The average molecular weight is 274 g/mol. The fourth-order valence-corrected chi connectivity index (χ4v) is 3.15. The first kappa shape index (κ1) is 13.6. The molecular formula is C16H22N2O2. The van der Waals surface area contributed by atoms with Gasteiger partial charge in [-0.2, -0.15) is 0 Å². The number of rotatable bonds is 2. The largest absolute Gasteiger partial charge is 0.379 e. The van der Waals surface area contributed by atoms with E-state index in [2.05, 4.69) is 23.5 Å². The number of benzene rings is 1. The highest BCUT2D eigenvalue weighted by Crippen LogP contribution is 2.32. The van der Waals surface area contributed by atoms with Crippen LogP contribution in [0.5, 0.6) is 0 Å². The van der Waals surface area contributed by atoms with E-state index in [-0.39, 0.29) is 18.0 Å². The highest BCUT2D eigenvalue weighted by molar-refractivity contribution is 5.84. The third kappa shape index (κ3) is 2.23. The summed E-state index contributed by atoms with van der Waals surface area (Å²) >= 11 is 0. The molecule has 2 aliphatic rings. The fraction of sp³-hybridized carbons (Fsp3) is 0.562. The van der Waals surface area contributed by atoms with Gasteiger partial charge in [-0.15, -0.1) is 0 Å². The molecule has 0 bridgehead atoms. The Bertz CT molecular complexity index is 517. The standard InChI is InChI=1S/C16H22N2O2/c1-16(10-20-9-14(16)17)15(19)18-13-8-4-6-11-5-2-3-7-12(11)13/h2-3,5,7,13-14H,4,6,8-10,17H2,1H3,(H,18,19). The van der Waals surface area contributed by atoms with Gasteiger partial charge in [0.1, 0.15) is 0 Å². The molecule has 20 heavy (non-hydrogen) atoms. The van der Waals surface area contributed by atoms with Crippen LogP contribution in [0.1, 0.15) is 36.9 Å². The lowest BCUT2D eigenvalue weighted by atomic mass is 9.83. The molecule has 1 saturated heterocycles. The monoisotopic (exact) mass is 274 g/mol. The van der Waals surface area contributed by atoms with E-state index in [1.807, 2.05) is 13.0 Å². The molecule has 3 N–H and O–H groups in total. The lowest BCUT2D eigenvalue weighted by molar-refractivity contribution is -0.131. The second-order valence-corrected chi connectivity index (χ2v) is 6.16. The van der Waals surface area contributed by atoms with Crippen molar-refractivity contribution in [3.05, 3.63) is 35.4 Å². The summed E-state index contributed by atoms with van der Waals surface area (Å²) in [5.74, 6) is 0.0178. The Balaban J connectivity index is 1.77. The second kappa shape index (κ2) is 5.19. The Hall–Kier alpha value is -1.39. The van der Waals surface area contributed by atoms with Gasteiger partial charge in [-0.05, 0) is 37.3 Å². The van der Waals surface area contributed by atoms with Gasteiger partial charge in [0.15, 0.2) is 0 Å². The first-order valence-corrected chi connectivity index (χ1v) is 7.33. The van der Waals surface area contributed by atoms with Gasteiger partial charge in [0.2, 0.25) is 5.91 Å². The van der Waals surface area contributed by atoms with Crippen molar-refractivity contribution < 1.29 is 9.53 Å². The summed E-state index contributed by atoms with van der Waals surface area (Å²) in [7, 11) is 0. The van der Waals surface area contributed by atoms with E-state index in [1.165, 1.54) is 11.1 Å².